The normalized spacial score (nSPS) is 10.7. The molecule has 0 atom stereocenters. The molecule has 0 saturated carbocycles. The topological polar surface area (TPSA) is 51.2 Å². The first-order valence-corrected chi connectivity index (χ1v) is 9.52. The number of rotatable bonds is 5. The van der Waals surface area contributed by atoms with Gasteiger partial charge in [-0.2, -0.15) is 0 Å². The first-order chi connectivity index (χ1) is 14.2. The summed E-state index contributed by atoms with van der Waals surface area (Å²) in [4.78, 5) is 17.9. The number of benzene rings is 3. The molecule has 1 aromatic heterocycles. The van der Waals surface area contributed by atoms with Gasteiger partial charge in [0, 0.05) is 17.5 Å². The molecule has 0 unspecified atom stereocenters. The van der Waals surface area contributed by atoms with E-state index >= 15 is 0 Å². The van der Waals surface area contributed by atoms with Gasteiger partial charge >= 0.3 is 0 Å². The maximum Gasteiger partial charge on any atom is 0.252 e. The Morgan fingerprint density at radius 3 is 2.45 bits per heavy atom. The van der Waals surface area contributed by atoms with Gasteiger partial charge in [-0.05, 0) is 42.3 Å². The highest BCUT2D eigenvalue weighted by atomic mass is 16.5. The van der Waals surface area contributed by atoms with Crippen molar-refractivity contribution in [1.29, 1.82) is 0 Å². The van der Waals surface area contributed by atoms with E-state index in [-0.39, 0.29) is 5.91 Å². The van der Waals surface area contributed by atoms with Crippen LogP contribution in [0.2, 0.25) is 0 Å². The Hall–Kier alpha value is -3.66. The number of aryl methyl sites for hydroxylation is 1. The van der Waals surface area contributed by atoms with E-state index in [1.807, 2.05) is 72.8 Å². The fourth-order valence-electron chi connectivity index (χ4n) is 3.38. The van der Waals surface area contributed by atoms with Gasteiger partial charge in [0.05, 0.1) is 23.9 Å². The highest BCUT2D eigenvalue weighted by molar-refractivity contribution is 6.07. The summed E-state index contributed by atoms with van der Waals surface area (Å²) in [6.45, 7) is 2.49. The van der Waals surface area contributed by atoms with Crippen LogP contribution in [-0.2, 0) is 6.54 Å². The lowest BCUT2D eigenvalue weighted by molar-refractivity contribution is 0.0952. The minimum atomic E-state index is -0.116. The van der Waals surface area contributed by atoms with E-state index in [4.69, 9.17) is 9.72 Å². The third-order valence-corrected chi connectivity index (χ3v) is 4.99. The van der Waals surface area contributed by atoms with E-state index in [0.29, 0.717) is 12.1 Å². The number of ether oxygens (including phenoxy) is 1. The van der Waals surface area contributed by atoms with Crippen LogP contribution in [0.15, 0.2) is 78.9 Å². The lowest BCUT2D eigenvalue weighted by atomic mass is 10.0. The van der Waals surface area contributed by atoms with Gasteiger partial charge in [-0.15, -0.1) is 0 Å². The minimum absolute atomic E-state index is 0.116. The standard InChI is InChI=1S/C25H22N2O2/c1-17-7-3-4-8-20(17)24-15-22(21-9-5-6-10-23(21)27-24)25(28)26-16-18-11-13-19(29-2)14-12-18/h3-15H,16H2,1-2H3,(H,26,28). The zero-order valence-electron chi connectivity index (χ0n) is 16.5. The molecule has 4 aromatic rings. The average molecular weight is 382 g/mol. The van der Waals surface area contributed by atoms with Crippen LogP contribution in [0.5, 0.6) is 5.75 Å². The van der Waals surface area contributed by atoms with Crippen molar-refractivity contribution in [3.63, 3.8) is 0 Å². The molecule has 0 aliphatic carbocycles. The lowest BCUT2D eigenvalue weighted by Crippen LogP contribution is -2.23. The second-order valence-corrected chi connectivity index (χ2v) is 6.92. The SMILES string of the molecule is COc1ccc(CNC(=O)c2cc(-c3ccccc3C)nc3ccccc23)cc1. The molecule has 1 amide bonds. The molecule has 144 valence electrons. The molecule has 3 aromatic carbocycles. The van der Waals surface area contributed by atoms with E-state index in [9.17, 15) is 4.79 Å². The van der Waals surface area contributed by atoms with Crippen LogP contribution in [0.4, 0.5) is 0 Å². The minimum Gasteiger partial charge on any atom is -0.497 e. The molecule has 0 fully saturated rings. The van der Waals surface area contributed by atoms with E-state index in [2.05, 4.69) is 18.3 Å². The number of hydrogen-bond acceptors (Lipinski definition) is 3. The number of para-hydroxylation sites is 1. The Labute approximate surface area is 170 Å². The Bertz CT molecular complexity index is 1170. The first-order valence-electron chi connectivity index (χ1n) is 9.52. The number of nitrogens with one attached hydrogen (secondary N) is 1. The third kappa shape index (κ3) is 3.97. The summed E-state index contributed by atoms with van der Waals surface area (Å²) in [6.07, 6.45) is 0. The van der Waals surface area contributed by atoms with Crippen LogP contribution in [0.25, 0.3) is 22.2 Å². The predicted octanol–water partition coefficient (Wildman–Crippen LogP) is 5.15. The number of carbonyl (C=O) groups excluding carboxylic acids is 1. The molecule has 1 heterocycles. The van der Waals surface area contributed by atoms with Crippen LogP contribution >= 0.6 is 0 Å². The van der Waals surface area contributed by atoms with Gasteiger partial charge in [-0.25, -0.2) is 4.98 Å². The van der Waals surface area contributed by atoms with Gasteiger partial charge in [0.25, 0.3) is 5.91 Å². The number of fused-ring (bicyclic) bond motifs is 1. The molecule has 4 nitrogen and oxygen atoms in total. The van der Waals surface area contributed by atoms with Crippen molar-refractivity contribution in [2.45, 2.75) is 13.5 Å². The number of aromatic nitrogens is 1. The maximum atomic E-state index is 13.1. The molecule has 0 saturated heterocycles. The van der Waals surface area contributed by atoms with Gasteiger partial charge in [0.15, 0.2) is 0 Å². The smallest absolute Gasteiger partial charge is 0.252 e. The van der Waals surface area contributed by atoms with Crippen LogP contribution in [-0.4, -0.2) is 18.0 Å². The summed E-state index contributed by atoms with van der Waals surface area (Å²) in [6, 6.07) is 25.4. The van der Waals surface area contributed by atoms with Crippen molar-refractivity contribution in [3.05, 3.63) is 95.6 Å². The molecule has 0 aliphatic heterocycles. The predicted molar refractivity (Wildman–Crippen MR) is 116 cm³/mol. The summed E-state index contributed by atoms with van der Waals surface area (Å²) in [5, 5.41) is 3.88. The first kappa shape index (κ1) is 18.7. The number of pyridine rings is 1. The Balaban J connectivity index is 1.68. The van der Waals surface area contributed by atoms with E-state index in [0.717, 1.165) is 39.0 Å². The van der Waals surface area contributed by atoms with Gasteiger partial charge in [0.1, 0.15) is 5.75 Å². The van der Waals surface area contributed by atoms with Crippen molar-refractivity contribution in [1.82, 2.24) is 10.3 Å². The molecule has 1 N–H and O–H groups in total. The van der Waals surface area contributed by atoms with Crippen molar-refractivity contribution in [2.75, 3.05) is 7.11 Å². The van der Waals surface area contributed by atoms with Gasteiger partial charge in [-0.3, -0.25) is 4.79 Å². The summed E-state index contributed by atoms with van der Waals surface area (Å²) in [7, 11) is 1.64. The van der Waals surface area contributed by atoms with E-state index < -0.39 is 0 Å². The van der Waals surface area contributed by atoms with Gasteiger partial charge < -0.3 is 10.1 Å². The fraction of sp³-hybridized carbons (Fsp3) is 0.120. The number of carbonyl (C=O) groups is 1. The fourth-order valence-corrected chi connectivity index (χ4v) is 3.38. The highest BCUT2D eigenvalue weighted by Crippen LogP contribution is 2.27. The van der Waals surface area contributed by atoms with Crippen LogP contribution in [0.3, 0.4) is 0 Å². The molecule has 0 bridgehead atoms. The van der Waals surface area contributed by atoms with Crippen molar-refractivity contribution < 1.29 is 9.53 Å². The second kappa shape index (κ2) is 8.15. The summed E-state index contributed by atoms with van der Waals surface area (Å²) in [5.74, 6) is 0.678. The number of amides is 1. The Morgan fingerprint density at radius 1 is 0.966 bits per heavy atom. The maximum absolute atomic E-state index is 13.1. The Kier molecular flexibility index (Phi) is 5.25. The molecular weight excluding hydrogens is 360 g/mol. The zero-order valence-corrected chi connectivity index (χ0v) is 16.5. The summed E-state index contributed by atoms with van der Waals surface area (Å²) < 4.78 is 5.18. The van der Waals surface area contributed by atoms with Gasteiger partial charge in [0.2, 0.25) is 0 Å². The summed E-state index contributed by atoms with van der Waals surface area (Å²) in [5.41, 5.74) is 5.40. The summed E-state index contributed by atoms with van der Waals surface area (Å²) >= 11 is 0. The molecule has 29 heavy (non-hydrogen) atoms. The average Bonchev–Trinajstić information content (AvgIpc) is 2.77. The van der Waals surface area contributed by atoms with Crippen LogP contribution in [0, 0.1) is 6.92 Å². The van der Waals surface area contributed by atoms with E-state index in [1.165, 1.54) is 0 Å². The lowest BCUT2D eigenvalue weighted by Gasteiger charge is -2.12. The van der Waals surface area contributed by atoms with E-state index in [1.54, 1.807) is 7.11 Å². The highest BCUT2D eigenvalue weighted by Gasteiger charge is 2.14. The number of methoxy groups -OCH3 is 1. The van der Waals surface area contributed by atoms with Crippen molar-refractivity contribution in [3.8, 4) is 17.0 Å². The number of nitrogens with zero attached hydrogens (tertiary/aromatic N) is 1. The molecule has 4 heteroatoms. The van der Waals surface area contributed by atoms with Crippen molar-refractivity contribution in [2.24, 2.45) is 0 Å². The second-order valence-electron chi connectivity index (χ2n) is 6.92. The third-order valence-electron chi connectivity index (χ3n) is 4.99. The number of hydrogen-bond donors (Lipinski definition) is 1. The molecule has 4 rings (SSSR count). The Morgan fingerprint density at radius 2 is 1.69 bits per heavy atom. The van der Waals surface area contributed by atoms with Crippen molar-refractivity contribution >= 4 is 16.8 Å². The van der Waals surface area contributed by atoms with Crippen LogP contribution in [0.1, 0.15) is 21.5 Å². The molecular formula is C25H22N2O2. The van der Waals surface area contributed by atoms with Crippen LogP contribution < -0.4 is 10.1 Å². The molecule has 0 aliphatic rings. The molecule has 0 radical (unpaired) electrons. The molecule has 0 spiro atoms. The largest absolute Gasteiger partial charge is 0.497 e. The quantitative estimate of drug-likeness (QED) is 0.519. The van der Waals surface area contributed by atoms with Gasteiger partial charge in [-0.1, -0.05) is 54.6 Å². The monoisotopic (exact) mass is 382 g/mol. The zero-order chi connectivity index (χ0) is 20.2.